The van der Waals surface area contributed by atoms with Crippen molar-refractivity contribution in [2.75, 3.05) is 13.6 Å². The highest BCUT2D eigenvalue weighted by Crippen LogP contribution is 2.24. The number of sulfonamides is 1. The maximum atomic E-state index is 12.3. The zero-order chi connectivity index (χ0) is 14.6. The van der Waals surface area contributed by atoms with Crippen LogP contribution in [0.1, 0.15) is 32.6 Å². The van der Waals surface area contributed by atoms with Gasteiger partial charge in [-0.05, 0) is 18.1 Å². The summed E-state index contributed by atoms with van der Waals surface area (Å²) in [6.07, 6.45) is 0. The van der Waals surface area contributed by atoms with Crippen LogP contribution >= 0.6 is 11.3 Å². The minimum atomic E-state index is -3.33. The molecular weight excluding hydrogens is 280 g/mol. The maximum Gasteiger partial charge on any atom is 0.252 e. The third-order valence-electron chi connectivity index (χ3n) is 2.61. The molecular formula is C13H24N2O2S2. The predicted molar refractivity (Wildman–Crippen MR) is 80.9 cm³/mol. The summed E-state index contributed by atoms with van der Waals surface area (Å²) in [5.74, 6) is 0.321. The fourth-order valence-electron chi connectivity index (χ4n) is 1.66. The van der Waals surface area contributed by atoms with E-state index in [1.165, 1.54) is 15.6 Å². The lowest BCUT2D eigenvalue weighted by molar-refractivity contribution is 0.418. The van der Waals surface area contributed by atoms with Crippen LogP contribution in [0.2, 0.25) is 0 Å². The van der Waals surface area contributed by atoms with Crippen LogP contribution in [0, 0.1) is 5.92 Å². The second-order valence-electron chi connectivity index (χ2n) is 5.44. The van der Waals surface area contributed by atoms with Crippen molar-refractivity contribution >= 4 is 21.4 Å². The highest BCUT2D eigenvalue weighted by Gasteiger charge is 2.23. The van der Waals surface area contributed by atoms with Gasteiger partial charge >= 0.3 is 0 Å². The van der Waals surface area contributed by atoms with Crippen molar-refractivity contribution in [3.05, 3.63) is 17.0 Å². The Labute approximate surface area is 120 Å². The van der Waals surface area contributed by atoms with Gasteiger partial charge in [0, 0.05) is 31.1 Å². The van der Waals surface area contributed by atoms with E-state index in [-0.39, 0.29) is 0 Å². The van der Waals surface area contributed by atoms with Crippen molar-refractivity contribution in [1.29, 1.82) is 0 Å². The molecule has 0 saturated carbocycles. The maximum absolute atomic E-state index is 12.3. The van der Waals surface area contributed by atoms with Gasteiger partial charge in [0.05, 0.1) is 0 Å². The van der Waals surface area contributed by atoms with E-state index in [0.29, 0.717) is 29.3 Å². The number of thiophene rings is 1. The highest BCUT2D eigenvalue weighted by molar-refractivity contribution is 7.91. The summed E-state index contributed by atoms with van der Waals surface area (Å²) in [4.78, 5) is 1.05. The monoisotopic (exact) mass is 304 g/mol. The van der Waals surface area contributed by atoms with Crippen molar-refractivity contribution in [2.24, 2.45) is 5.92 Å². The van der Waals surface area contributed by atoms with Crippen LogP contribution in [0.3, 0.4) is 0 Å². The lowest BCUT2D eigenvalue weighted by Crippen LogP contribution is -2.29. The molecule has 0 bridgehead atoms. The third-order valence-corrected chi connectivity index (χ3v) is 5.98. The summed E-state index contributed by atoms with van der Waals surface area (Å²) in [6.45, 7) is 9.42. The number of hydrogen-bond acceptors (Lipinski definition) is 4. The second kappa shape index (κ2) is 6.83. The number of hydrogen-bond donors (Lipinski definition) is 1. The molecule has 1 heterocycles. The average Bonchev–Trinajstić information content (AvgIpc) is 2.74. The van der Waals surface area contributed by atoms with Gasteiger partial charge in [-0.25, -0.2) is 8.42 Å². The van der Waals surface area contributed by atoms with Crippen LogP contribution in [0.25, 0.3) is 0 Å². The molecule has 0 spiro atoms. The van der Waals surface area contributed by atoms with Gasteiger partial charge in [-0.1, -0.05) is 27.7 Å². The topological polar surface area (TPSA) is 49.4 Å². The normalized spacial score (nSPS) is 12.8. The van der Waals surface area contributed by atoms with Crippen molar-refractivity contribution in [1.82, 2.24) is 9.62 Å². The van der Waals surface area contributed by atoms with E-state index in [9.17, 15) is 8.42 Å². The molecule has 0 atom stereocenters. The van der Waals surface area contributed by atoms with Gasteiger partial charge in [-0.3, -0.25) is 0 Å². The van der Waals surface area contributed by atoms with Gasteiger partial charge in [0.2, 0.25) is 0 Å². The molecule has 1 rings (SSSR count). The lowest BCUT2D eigenvalue weighted by atomic mass is 10.2. The van der Waals surface area contributed by atoms with Crippen LogP contribution < -0.4 is 5.32 Å². The van der Waals surface area contributed by atoms with Gasteiger partial charge in [-0.15, -0.1) is 11.3 Å². The van der Waals surface area contributed by atoms with Crippen molar-refractivity contribution in [3.8, 4) is 0 Å². The molecule has 0 fully saturated rings. The molecule has 6 heteroatoms. The first-order valence-corrected chi connectivity index (χ1v) is 8.77. The molecule has 0 aliphatic rings. The summed E-state index contributed by atoms with van der Waals surface area (Å²) in [6, 6.07) is 3.98. The Kier molecular flexibility index (Phi) is 5.98. The Morgan fingerprint density at radius 2 is 1.89 bits per heavy atom. The molecule has 0 aliphatic heterocycles. The molecule has 0 aliphatic carbocycles. The molecule has 0 saturated heterocycles. The zero-order valence-corrected chi connectivity index (χ0v) is 13.9. The van der Waals surface area contributed by atoms with Gasteiger partial charge in [-0.2, -0.15) is 4.31 Å². The first-order chi connectivity index (χ1) is 8.73. The smallest absolute Gasteiger partial charge is 0.252 e. The molecule has 1 aromatic heterocycles. The summed E-state index contributed by atoms with van der Waals surface area (Å²) >= 11 is 1.35. The Balaban J connectivity index is 2.79. The average molecular weight is 304 g/mol. The lowest BCUT2D eigenvalue weighted by Gasteiger charge is -2.17. The Morgan fingerprint density at radius 1 is 1.26 bits per heavy atom. The number of nitrogens with zero attached hydrogens (tertiary/aromatic N) is 1. The van der Waals surface area contributed by atoms with E-state index < -0.39 is 10.0 Å². The molecule has 0 amide bonds. The summed E-state index contributed by atoms with van der Waals surface area (Å²) in [5, 5.41) is 3.29. The molecule has 0 radical (unpaired) electrons. The van der Waals surface area contributed by atoms with Crippen LogP contribution in [-0.4, -0.2) is 32.4 Å². The highest BCUT2D eigenvalue weighted by atomic mass is 32.2. The summed E-state index contributed by atoms with van der Waals surface area (Å²) in [5.41, 5.74) is 0. The van der Waals surface area contributed by atoms with Crippen molar-refractivity contribution in [2.45, 2.75) is 44.5 Å². The Hall–Kier alpha value is -0.430. The number of rotatable bonds is 7. The molecule has 0 aromatic carbocycles. The van der Waals surface area contributed by atoms with E-state index in [2.05, 4.69) is 19.2 Å². The summed E-state index contributed by atoms with van der Waals surface area (Å²) in [7, 11) is -1.69. The third kappa shape index (κ3) is 4.87. The molecule has 1 aromatic rings. The fraction of sp³-hybridized carbons (Fsp3) is 0.692. The first-order valence-electron chi connectivity index (χ1n) is 6.52. The van der Waals surface area contributed by atoms with Crippen LogP contribution in [0.15, 0.2) is 16.3 Å². The van der Waals surface area contributed by atoms with Crippen molar-refractivity contribution < 1.29 is 8.42 Å². The quantitative estimate of drug-likeness (QED) is 0.842. The molecule has 110 valence electrons. The van der Waals surface area contributed by atoms with E-state index in [0.717, 1.165) is 4.88 Å². The Bertz CT molecular complexity index is 492. The molecule has 4 nitrogen and oxygen atoms in total. The van der Waals surface area contributed by atoms with Crippen LogP contribution in [0.5, 0.6) is 0 Å². The number of nitrogens with one attached hydrogen (secondary N) is 1. The van der Waals surface area contributed by atoms with Gasteiger partial charge < -0.3 is 5.32 Å². The van der Waals surface area contributed by atoms with Crippen LogP contribution in [0.4, 0.5) is 0 Å². The van der Waals surface area contributed by atoms with Gasteiger partial charge in [0.1, 0.15) is 4.21 Å². The fourth-order valence-corrected chi connectivity index (χ4v) is 4.51. The minimum Gasteiger partial charge on any atom is -0.310 e. The largest absolute Gasteiger partial charge is 0.310 e. The van der Waals surface area contributed by atoms with E-state index >= 15 is 0 Å². The van der Waals surface area contributed by atoms with E-state index in [1.54, 1.807) is 13.1 Å². The molecule has 1 N–H and O–H groups in total. The first kappa shape index (κ1) is 16.6. The van der Waals surface area contributed by atoms with E-state index in [4.69, 9.17) is 0 Å². The van der Waals surface area contributed by atoms with Crippen molar-refractivity contribution in [3.63, 3.8) is 0 Å². The van der Waals surface area contributed by atoms with Gasteiger partial charge in [0.25, 0.3) is 10.0 Å². The minimum absolute atomic E-state index is 0.321. The summed E-state index contributed by atoms with van der Waals surface area (Å²) < 4.78 is 26.5. The standard InChI is InChI=1S/C13H24N2O2S2/c1-10(2)9-15(5)19(16,17)13-7-6-12(18-13)8-14-11(3)4/h6-7,10-11,14H,8-9H2,1-5H3. The van der Waals surface area contributed by atoms with Gasteiger partial charge in [0.15, 0.2) is 0 Å². The zero-order valence-electron chi connectivity index (χ0n) is 12.3. The predicted octanol–water partition coefficient (Wildman–Crippen LogP) is 2.52. The second-order valence-corrected chi connectivity index (χ2v) is 8.88. The SMILES string of the molecule is CC(C)CN(C)S(=O)(=O)c1ccc(CNC(C)C)s1. The molecule has 0 unspecified atom stereocenters. The molecule has 19 heavy (non-hydrogen) atoms. The van der Waals surface area contributed by atoms with E-state index in [1.807, 2.05) is 19.9 Å². The Morgan fingerprint density at radius 3 is 2.42 bits per heavy atom. The van der Waals surface area contributed by atoms with Crippen LogP contribution in [-0.2, 0) is 16.6 Å².